The number of aryl methyl sites for hydroxylation is 1. The Labute approximate surface area is 150 Å². The number of nitrogens with zero attached hydrogens (tertiary/aromatic N) is 2. The molecule has 2 heterocycles. The smallest absolute Gasteiger partial charge is 0.255 e. The van der Waals surface area contributed by atoms with Crippen LogP contribution in [0.4, 0.5) is 0 Å². The molecule has 0 radical (unpaired) electrons. The van der Waals surface area contributed by atoms with Crippen LogP contribution in [0.3, 0.4) is 0 Å². The molecule has 1 aliphatic rings. The molecule has 2 atom stereocenters. The third-order valence-corrected chi connectivity index (χ3v) is 5.48. The topological polar surface area (TPSA) is 51.3 Å². The van der Waals surface area contributed by atoms with Gasteiger partial charge in [0.25, 0.3) is 5.91 Å². The molecule has 4 nitrogen and oxygen atoms in total. The molecule has 134 valence electrons. The van der Waals surface area contributed by atoms with Gasteiger partial charge in [-0.3, -0.25) is 4.79 Å². The van der Waals surface area contributed by atoms with Crippen LogP contribution in [0.25, 0.3) is 0 Å². The lowest BCUT2D eigenvalue weighted by Crippen LogP contribution is -2.45. The van der Waals surface area contributed by atoms with Crippen molar-refractivity contribution in [1.82, 2.24) is 9.47 Å². The van der Waals surface area contributed by atoms with E-state index in [9.17, 15) is 4.79 Å². The van der Waals surface area contributed by atoms with Gasteiger partial charge in [-0.15, -0.1) is 0 Å². The average Bonchev–Trinajstić information content (AvgIpc) is 2.90. The summed E-state index contributed by atoms with van der Waals surface area (Å²) < 4.78 is 2.23. The molecule has 0 bridgehead atoms. The average molecular weight is 339 g/mol. The first-order valence-corrected chi connectivity index (χ1v) is 9.23. The Morgan fingerprint density at radius 3 is 2.68 bits per heavy atom. The SMILES string of the molecule is Cc1cc(C(=O)N2CCCC(C(C)N)C2)c(C)n1Cc1ccccc1. The standard InChI is InChI=1S/C21H29N3O/c1-15-12-20(17(3)24(15)13-18-8-5-4-6-9-18)21(25)23-11-7-10-19(14-23)16(2)22/h4-6,8-9,12,16,19H,7,10-11,13-14,22H2,1-3H3. The minimum atomic E-state index is 0.140. The fraction of sp³-hybridized carbons (Fsp3) is 0.476. The highest BCUT2D eigenvalue weighted by Crippen LogP contribution is 2.24. The predicted octanol–water partition coefficient (Wildman–Crippen LogP) is 3.35. The molecule has 0 spiro atoms. The van der Waals surface area contributed by atoms with E-state index in [1.807, 2.05) is 24.0 Å². The summed E-state index contributed by atoms with van der Waals surface area (Å²) in [6.45, 7) is 8.59. The fourth-order valence-electron chi connectivity index (χ4n) is 3.82. The van der Waals surface area contributed by atoms with Gasteiger partial charge in [0.05, 0.1) is 5.56 Å². The van der Waals surface area contributed by atoms with E-state index in [0.29, 0.717) is 5.92 Å². The molecule has 1 fully saturated rings. The number of hydrogen-bond donors (Lipinski definition) is 1. The minimum absolute atomic E-state index is 0.140. The van der Waals surface area contributed by atoms with Crippen molar-refractivity contribution in [3.05, 3.63) is 58.9 Å². The number of rotatable bonds is 4. The summed E-state index contributed by atoms with van der Waals surface area (Å²) in [5.74, 6) is 0.559. The summed E-state index contributed by atoms with van der Waals surface area (Å²) in [6.07, 6.45) is 2.16. The van der Waals surface area contributed by atoms with Crippen molar-refractivity contribution in [2.75, 3.05) is 13.1 Å². The van der Waals surface area contributed by atoms with Crippen LogP contribution in [-0.2, 0) is 6.54 Å². The lowest BCUT2D eigenvalue weighted by atomic mass is 9.92. The number of benzene rings is 1. The van der Waals surface area contributed by atoms with Crippen molar-refractivity contribution >= 4 is 5.91 Å². The van der Waals surface area contributed by atoms with E-state index in [4.69, 9.17) is 5.73 Å². The molecule has 0 saturated carbocycles. The van der Waals surface area contributed by atoms with Gasteiger partial charge < -0.3 is 15.2 Å². The normalized spacial score (nSPS) is 19.0. The maximum absolute atomic E-state index is 13.1. The number of amides is 1. The highest BCUT2D eigenvalue weighted by atomic mass is 16.2. The van der Waals surface area contributed by atoms with Gasteiger partial charge in [0.15, 0.2) is 0 Å². The number of aromatic nitrogens is 1. The molecule has 1 amide bonds. The zero-order valence-corrected chi connectivity index (χ0v) is 15.5. The van der Waals surface area contributed by atoms with Crippen molar-refractivity contribution in [2.45, 2.75) is 46.2 Å². The zero-order chi connectivity index (χ0) is 18.0. The van der Waals surface area contributed by atoms with Gasteiger partial charge in [-0.05, 0) is 51.2 Å². The van der Waals surface area contributed by atoms with Crippen molar-refractivity contribution in [2.24, 2.45) is 11.7 Å². The minimum Gasteiger partial charge on any atom is -0.344 e. The van der Waals surface area contributed by atoms with Gasteiger partial charge in [-0.25, -0.2) is 0 Å². The first-order valence-electron chi connectivity index (χ1n) is 9.23. The molecule has 2 N–H and O–H groups in total. The monoisotopic (exact) mass is 339 g/mol. The Morgan fingerprint density at radius 2 is 2.00 bits per heavy atom. The van der Waals surface area contributed by atoms with Gasteiger partial charge in [0.2, 0.25) is 0 Å². The van der Waals surface area contributed by atoms with Crippen LogP contribution >= 0.6 is 0 Å². The van der Waals surface area contributed by atoms with Crippen LogP contribution in [0.1, 0.15) is 47.1 Å². The van der Waals surface area contributed by atoms with Crippen LogP contribution in [0.2, 0.25) is 0 Å². The maximum Gasteiger partial charge on any atom is 0.255 e. The number of carbonyl (C=O) groups excluding carboxylic acids is 1. The molecule has 1 aromatic carbocycles. The number of hydrogen-bond acceptors (Lipinski definition) is 2. The van der Waals surface area contributed by atoms with E-state index in [1.54, 1.807) is 0 Å². The highest BCUT2D eigenvalue weighted by Gasteiger charge is 2.28. The molecule has 4 heteroatoms. The molecule has 25 heavy (non-hydrogen) atoms. The van der Waals surface area contributed by atoms with Gasteiger partial charge in [0.1, 0.15) is 0 Å². The van der Waals surface area contributed by atoms with Gasteiger partial charge in [-0.1, -0.05) is 30.3 Å². The van der Waals surface area contributed by atoms with Crippen molar-refractivity contribution in [3.63, 3.8) is 0 Å². The Hall–Kier alpha value is -2.07. The highest BCUT2D eigenvalue weighted by molar-refractivity contribution is 5.95. The number of likely N-dealkylation sites (tertiary alicyclic amines) is 1. The van der Waals surface area contributed by atoms with Crippen LogP contribution in [0.15, 0.2) is 36.4 Å². The van der Waals surface area contributed by atoms with E-state index < -0.39 is 0 Å². The van der Waals surface area contributed by atoms with E-state index in [2.05, 4.69) is 42.7 Å². The van der Waals surface area contributed by atoms with Crippen molar-refractivity contribution in [1.29, 1.82) is 0 Å². The number of carbonyl (C=O) groups is 1. The first-order chi connectivity index (χ1) is 12.0. The summed E-state index contributed by atoms with van der Waals surface area (Å²) in [5.41, 5.74) is 10.3. The predicted molar refractivity (Wildman–Crippen MR) is 102 cm³/mol. The largest absolute Gasteiger partial charge is 0.344 e. The van der Waals surface area contributed by atoms with E-state index >= 15 is 0 Å². The van der Waals surface area contributed by atoms with Crippen LogP contribution in [0.5, 0.6) is 0 Å². The lowest BCUT2D eigenvalue weighted by Gasteiger charge is -2.34. The molecule has 1 saturated heterocycles. The summed E-state index contributed by atoms with van der Waals surface area (Å²) in [7, 11) is 0. The second-order valence-corrected chi connectivity index (χ2v) is 7.37. The summed E-state index contributed by atoms with van der Waals surface area (Å²) in [6, 6.07) is 12.6. The van der Waals surface area contributed by atoms with Crippen molar-refractivity contribution < 1.29 is 4.79 Å². The number of piperidine rings is 1. The summed E-state index contributed by atoms with van der Waals surface area (Å²) in [5, 5.41) is 0. The second-order valence-electron chi connectivity index (χ2n) is 7.37. The molecular weight excluding hydrogens is 310 g/mol. The molecule has 1 aromatic heterocycles. The van der Waals surface area contributed by atoms with Gasteiger partial charge in [0, 0.05) is 37.1 Å². The van der Waals surface area contributed by atoms with Crippen molar-refractivity contribution in [3.8, 4) is 0 Å². The van der Waals surface area contributed by atoms with Gasteiger partial charge >= 0.3 is 0 Å². The third-order valence-electron chi connectivity index (χ3n) is 5.48. The molecule has 2 aromatic rings. The third kappa shape index (κ3) is 3.79. The van der Waals surface area contributed by atoms with E-state index in [-0.39, 0.29) is 11.9 Å². The lowest BCUT2D eigenvalue weighted by molar-refractivity contribution is 0.0660. The zero-order valence-electron chi connectivity index (χ0n) is 15.5. The maximum atomic E-state index is 13.1. The second kappa shape index (κ2) is 7.44. The summed E-state index contributed by atoms with van der Waals surface area (Å²) in [4.78, 5) is 15.1. The first kappa shape index (κ1) is 17.7. The molecule has 2 unspecified atom stereocenters. The number of nitrogens with two attached hydrogens (primary N) is 1. The molecular formula is C21H29N3O. The quantitative estimate of drug-likeness (QED) is 0.929. The van der Waals surface area contributed by atoms with Crippen LogP contribution < -0.4 is 5.73 Å². The molecule has 0 aliphatic carbocycles. The molecule has 3 rings (SSSR count). The van der Waals surface area contributed by atoms with Crippen LogP contribution in [0, 0.1) is 19.8 Å². The Kier molecular flexibility index (Phi) is 5.28. The van der Waals surface area contributed by atoms with E-state index in [1.165, 1.54) is 5.56 Å². The molecule has 1 aliphatic heterocycles. The van der Waals surface area contributed by atoms with E-state index in [0.717, 1.165) is 49.4 Å². The van der Waals surface area contributed by atoms with Gasteiger partial charge in [-0.2, -0.15) is 0 Å². The fourth-order valence-corrected chi connectivity index (χ4v) is 3.82. The summed E-state index contributed by atoms with van der Waals surface area (Å²) >= 11 is 0. The van der Waals surface area contributed by atoms with Crippen LogP contribution in [-0.4, -0.2) is 34.5 Å². The Bertz CT molecular complexity index is 733. The Morgan fingerprint density at radius 1 is 1.28 bits per heavy atom. The Balaban J connectivity index is 1.81.